The molecule has 0 aliphatic rings. The lowest BCUT2D eigenvalue weighted by atomic mass is 9.13. The van der Waals surface area contributed by atoms with Crippen LogP contribution in [0, 0.1) is 0 Å². The van der Waals surface area contributed by atoms with Gasteiger partial charge in [-0.2, -0.15) is 21.9 Å². The van der Waals surface area contributed by atoms with Gasteiger partial charge in [0.05, 0.1) is 0 Å². The molecule has 0 spiro atoms. The molecule has 0 N–H and O–H groups in total. The third-order valence-corrected chi connectivity index (χ3v) is 5.20. The molecule has 0 aliphatic carbocycles. The first-order chi connectivity index (χ1) is 13.8. The summed E-state index contributed by atoms with van der Waals surface area (Å²) in [6.45, 7) is 2.14. The van der Waals surface area contributed by atoms with E-state index in [0.717, 1.165) is 0 Å². The lowest BCUT2D eigenvalue weighted by molar-refractivity contribution is 1.53. The molecule has 0 heterocycles. The van der Waals surface area contributed by atoms with Crippen molar-refractivity contribution in [2.45, 2.75) is 6.92 Å². The Balaban J connectivity index is 0.000000706. The third kappa shape index (κ3) is 4.11. The zero-order valence-electron chi connectivity index (χ0n) is 16.5. The molecular formula is C26H28BP. The van der Waals surface area contributed by atoms with Crippen molar-refractivity contribution < 1.29 is 0 Å². The normalized spacial score (nSPS) is 10.8. The summed E-state index contributed by atoms with van der Waals surface area (Å²) in [6, 6.07) is 43.5. The van der Waals surface area contributed by atoms with Gasteiger partial charge < -0.3 is 0 Å². The maximum Gasteiger partial charge on any atom is 0.108 e. The van der Waals surface area contributed by atoms with Crippen molar-refractivity contribution >= 4 is 37.2 Å². The number of rotatable bonds is 4. The monoisotopic (exact) mass is 382 g/mol. The first-order valence-corrected chi connectivity index (χ1v) is 11.0. The smallest absolute Gasteiger partial charge is 0.108 e. The minimum atomic E-state index is -1.22. The quantitative estimate of drug-likeness (QED) is 0.373. The summed E-state index contributed by atoms with van der Waals surface area (Å²) in [7, 11) is 1.97. The van der Waals surface area contributed by atoms with Crippen molar-refractivity contribution in [2.24, 2.45) is 0 Å². The molecule has 2 heteroatoms. The molecule has 1 atom stereocenters. The highest BCUT2D eigenvalue weighted by Gasteiger charge is 2.30. The second-order valence-corrected chi connectivity index (χ2v) is 8.01. The lowest BCUT2D eigenvalue weighted by Gasteiger charge is -2.44. The predicted molar refractivity (Wildman–Crippen MR) is 132 cm³/mol. The Bertz CT molecular complexity index is 775. The molecular weight excluding hydrogens is 354 g/mol. The van der Waals surface area contributed by atoms with E-state index in [9.17, 15) is 0 Å². The molecule has 0 fully saturated rings. The summed E-state index contributed by atoms with van der Waals surface area (Å²) in [6.07, 6.45) is 0.0622. The van der Waals surface area contributed by atoms with Gasteiger partial charge in [-0.25, -0.2) is 0 Å². The largest absolute Gasteiger partial charge is 0.195 e. The summed E-state index contributed by atoms with van der Waals surface area (Å²) >= 11 is 0. The predicted octanol–water partition coefficient (Wildman–Crippen LogP) is 3.68. The van der Waals surface area contributed by atoms with Crippen LogP contribution in [0.1, 0.15) is 6.92 Å². The molecule has 28 heavy (non-hydrogen) atoms. The van der Waals surface area contributed by atoms with Gasteiger partial charge in [-0.1, -0.05) is 121 Å². The first-order valence-electron chi connectivity index (χ1n) is 10.0. The molecule has 0 aromatic heterocycles. The Labute approximate surface area is 171 Å². The van der Waals surface area contributed by atoms with Gasteiger partial charge in [-0.05, 0) is 16.2 Å². The molecule has 140 valence electrons. The van der Waals surface area contributed by atoms with Crippen LogP contribution < -0.4 is 21.9 Å². The van der Waals surface area contributed by atoms with Crippen LogP contribution in [0.2, 0.25) is 0 Å². The SMILES string of the molecule is CC[PH3+].c1ccc([B-](c2ccccc2)(c2ccccc2)c2ccccc2)cc1. The van der Waals surface area contributed by atoms with Crippen molar-refractivity contribution in [3.63, 3.8) is 0 Å². The van der Waals surface area contributed by atoms with E-state index in [1.165, 1.54) is 28.0 Å². The minimum Gasteiger partial charge on any atom is -0.195 e. The van der Waals surface area contributed by atoms with Gasteiger partial charge in [-0.15, -0.1) is 0 Å². The van der Waals surface area contributed by atoms with Crippen LogP contribution in [0.15, 0.2) is 121 Å². The van der Waals surface area contributed by atoms with Gasteiger partial charge >= 0.3 is 0 Å². The Morgan fingerprint density at radius 2 is 0.643 bits per heavy atom. The summed E-state index contributed by atoms with van der Waals surface area (Å²) in [5, 5.41) is 0. The first kappa shape index (κ1) is 20.1. The molecule has 4 rings (SSSR count). The average Bonchev–Trinajstić information content (AvgIpc) is 2.78. The van der Waals surface area contributed by atoms with Gasteiger partial charge in [0.25, 0.3) is 0 Å². The molecule has 0 nitrogen and oxygen atoms in total. The van der Waals surface area contributed by atoms with Crippen molar-refractivity contribution in [1.82, 2.24) is 0 Å². The van der Waals surface area contributed by atoms with E-state index in [1.54, 1.807) is 0 Å². The second kappa shape index (κ2) is 10.1. The van der Waals surface area contributed by atoms with Crippen LogP contribution in [0.5, 0.6) is 0 Å². The zero-order valence-corrected chi connectivity index (χ0v) is 18.0. The van der Waals surface area contributed by atoms with Gasteiger partial charge in [0, 0.05) is 6.16 Å². The van der Waals surface area contributed by atoms with Crippen molar-refractivity contribution in [2.75, 3.05) is 6.16 Å². The highest BCUT2D eigenvalue weighted by Crippen LogP contribution is 2.09. The summed E-state index contributed by atoms with van der Waals surface area (Å²) in [5.41, 5.74) is 5.36. The van der Waals surface area contributed by atoms with Gasteiger partial charge in [-0.3, -0.25) is 0 Å². The Kier molecular flexibility index (Phi) is 7.23. The summed E-state index contributed by atoms with van der Waals surface area (Å²) in [5.74, 6) is 0. The number of hydrogen-bond acceptors (Lipinski definition) is 0. The molecule has 0 amide bonds. The maximum absolute atomic E-state index is 2.26. The van der Waals surface area contributed by atoms with Gasteiger partial charge in [0.1, 0.15) is 6.15 Å². The van der Waals surface area contributed by atoms with E-state index >= 15 is 0 Å². The van der Waals surface area contributed by atoms with Crippen molar-refractivity contribution in [3.8, 4) is 0 Å². The Morgan fingerprint density at radius 3 is 0.821 bits per heavy atom. The van der Waals surface area contributed by atoms with E-state index in [2.05, 4.69) is 128 Å². The third-order valence-electron chi connectivity index (χ3n) is 5.20. The van der Waals surface area contributed by atoms with Gasteiger partial charge in [0.2, 0.25) is 0 Å². The van der Waals surface area contributed by atoms with Crippen LogP contribution >= 0.6 is 9.24 Å². The molecule has 0 radical (unpaired) electrons. The summed E-state index contributed by atoms with van der Waals surface area (Å²) in [4.78, 5) is 0. The van der Waals surface area contributed by atoms with E-state index in [-0.39, 0.29) is 0 Å². The van der Waals surface area contributed by atoms with Crippen LogP contribution in [0.4, 0.5) is 0 Å². The molecule has 4 aromatic rings. The van der Waals surface area contributed by atoms with Crippen LogP contribution in [0.25, 0.3) is 0 Å². The van der Waals surface area contributed by atoms with E-state index in [0.29, 0.717) is 0 Å². The van der Waals surface area contributed by atoms with Gasteiger partial charge in [0.15, 0.2) is 0 Å². The highest BCUT2D eigenvalue weighted by molar-refractivity contribution is 7.19. The molecule has 1 unspecified atom stereocenters. The zero-order chi connectivity index (χ0) is 19.7. The maximum atomic E-state index is 2.26. The second-order valence-electron chi connectivity index (χ2n) is 7.01. The standard InChI is InChI=1S/C24H20B.C2H7P/c1-5-13-21(14-6-1)25(22-15-7-2-8-16-22,23-17-9-3-10-18-23)24-19-11-4-12-20-24;1-2-3/h1-20H;2-3H2,1H3/q-1;/p+1. The molecule has 0 bridgehead atoms. The lowest BCUT2D eigenvalue weighted by Crippen LogP contribution is -2.74. The highest BCUT2D eigenvalue weighted by atomic mass is 31.0. The number of benzene rings is 4. The van der Waals surface area contributed by atoms with Crippen molar-refractivity contribution in [1.29, 1.82) is 0 Å². The fourth-order valence-corrected chi connectivity index (χ4v) is 4.12. The Hall–Kier alpha value is -2.63. The fourth-order valence-electron chi connectivity index (χ4n) is 4.12. The topological polar surface area (TPSA) is 0 Å². The molecule has 0 saturated carbocycles. The fraction of sp³-hybridized carbons (Fsp3) is 0.0769. The van der Waals surface area contributed by atoms with Crippen LogP contribution in [-0.4, -0.2) is 12.3 Å². The van der Waals surface area contributed by atoms with E-state index < -0.39 is 6.15 Å². The van der Waals surface area contributed by atoms with Crippen LogP contribution in [0.3, 0.4) is 0 Å². The Morgan fingerprint density at radius 1 is 0.464 bits per heavy atom. The molecule has 0 saturated heterocycles. The molecule has 0 aliphatic heterocycles. The molecule has 4 aromatic carbocycles. The number of hydrogen-bond donors (Lipinski definition) is 0. The van der Waals surface area contributed by atoms with Crippen LogP contribution in [-0.2, 0) is 0 Å². The van der Waals surface area contributed by atoms with E-state index in [1.807, 2.05) is 9.24 Å². The average molecular weight is 382 g/mol. The van der Waals surface area contributed by atoms with E-state index in [4.69, 9.17) is 0 Å². The minimum absolute atomic E-state index is 1.22. The van der Waals surface area contributed by atoms with Crippen molar-refractivity contribution in [3.05, 3.63) is 121 Å². The summed E-state index contributed by atoms with van der Waals surface area (Å²) < 4.78 is 0.